The van der Waals surface area contributed by atoms with Crippen LogP contribution >= 0.6 is 15.9 Å². The van der Waals surface area contributed by atoms with E-state index in [1.54, 1.807) is 36.4 Å². The van der Waals surface area contributed by atoms with Crippen LogP contribution in [0.25, 0.3) is 0 Å². The molecule has 0 aromatic heterocycles. The lowest BCUT2D eigenvalue weighted by Gasteiger charge is -2.07. The Morgan fingerprint density at radius 3 is 2.48 bits per heavy atom. The number of nitrogens with one attached hydrogen (secondary N) is 2. The molecule has 0 saturated heterocycles. The summed E-state index contributed by atoms with van der Waals surface area (Å²) in [6.45, 7) is -0.101. The zero-order valence-corrected chi connectivity index (χ0v) is 12.7. The van der Waals surface area contributed by atoms with E-state index in [1.807, 2.05) is 12.1 Å². The minimum Gasteiger partial charge on any atom is -0.399 e. The average molecular weight is 348 g/mol. The second-order valence-corrected chi connectivity index (χ2v) is 5.28. The topological polar surface area (TPSA) is 84.2 Å². The summed E-state index contributed by atoms with van der Waals surface area (Å²) in [5.41, 5.74) is 7.25. The van der Waals surface area contributed by atoms with Gasteiger partial charge in [0.1, 0.15) is 0 Å². The number of hydrogen-bond acceptors (Lipinski definition) is 3. The first kappa shape index (κ1) is 15.1. The minimum absolute atomic E-state index is 0.101. The van der Waals surface area contributed by atoms with E-state index in [4.69, 9.17) is 5.73 Å². The molecule has 0 unspecified atom stereocenters. The number of nitrogen functional groups attached to an aromatic ring is 1. The van der Waals surface area contributed by atoms with Crippen LogP contribution in [0.15, 0.2) is 53.0 Å². The predicted octanol–water partition coefficient (Wildman–Crippen LogP) is 2.40. The standard InChI is InChI=1S/C15H14BrN3O2/c16-11-2-1-3-13(8-11)19-14(20)9-18-15(21)10-4-6-12(17)7-5-10/h1-8H,9,17H2,(H,18,21)(H,19,20). The molecule has 108 valence electrons. The Labute approximate surface area is 130 Å². The van der Waals surface area contributed by atoms with E-state index in [-0.39, 0.29) is 18.4 Å². The van der Waals surface area contributed by atoms with Crippen LogP contribution in [-0.4, -0.2) is 18.4 Å². The molecule has 0 radical (unpaired) electrons. The average Bonchev–Trinajstić information content (AvgIpc) is 2.45. The van der Waals surface area contributed by atoms with Crippen LogP contribution in [0, 0.1) is 0 Å². The van der Waals surface area contributed by atoms with Gasteiger partial charge in [0.05, 0.1) is 6.54 Å². The van der Waals surface area contributed by atoms with Crippen molar-refractivity contribution in [2.75, 3.05) is 17.6 Å². The highest BCUT2D eigenvalue weighted by Crippen LogP contribution is 2.15. The molecule has 0 aliphatic rings. The van der Waals surface area contributed by atoms with E-state index in [9.17, 15) is 9.59 Å². The third-order valence-electron chi connectivity index (χ3n) is 2.69. The van der Waals surface area contributed by atoms with Crippen molar-refractivity contribution in [3.63, 3.8) is 0 Å². The number of hydrogen-bond donors (Lipinski definition) is 3. The van der Waals surface area contributed by atoms with E-state index >= 15 is 0 Å². The van der Waals surface area contributed by atoms with Gasteiger partial charge in [-0.3, -0.25) is 9.59 Å². The second kappa shape index (κ2) is 6.90. The first-order valence-electron chi connectivity index (χ1n) is 6.24. The van der Waals surface area contributed by atoms with E-state index in [1.165, 1.54) is 0 Å². The van der Waals surface area contributed by atoms with Gasteiger partial charge in [-0.05, 0) is 42.5 Å². The van der Waals surface area contributed by atoms with Gasteiger partial charge >= 0.3 is 0 Å². The molecule has 6 heteroatoms. The minimum atomic E-state index is -0.320. The molecule has 2 amide bonds. The summed E-state index contributed by atoms with van der Waals surface area (Å²) in [5.74, 6) is -0.615. The Kier molecular flexibility index (Phi) is 4.94. The van der Waals surface area contributed by atoms with Gasteiger partial charge in [-0.15, -0.1) is 0 Å². The van der Waals surface area contributed by atoms with E-state index < -0.39 is 0 Å². The van der Waals surface area contributed by atoms with Crippen molar-refractivity contribution in [3.8, 4) is 0 Å². The second-order valence-electron chi connectivity index (χ2n) is 4.36. The van der Waals surface area contributed by atoms with Gasteiger partial charge in [0.15, 0.2) is 0 Å². The Bertz CT molecular complexity index is 656. The van der Waals surface area contributed by atoms with Gasteiger partial charge in [0, 0.05) is 21.4 Å². The fraction of sp³-hybridized carbons (Fsp3) is 0.0667. The van der Waals surface area contributed by atoms with Gasteiger partial charge in [-0.25, -0.2) is 0 Å². The van der Waals surface area contributed by atoms with Crippen molar-refractivity contribution in [1.82, 2.24) is 5.32 Å². The van der Waals surface area contributed by atoms with Gasteiger partial charge in [0.25, 0.3) is 5.91 Å². The fourth-order valence-electron chi connectivity index (χ4n) is 1.67. The summed E-state index contributed by atoms with van der Waals surface area (Å²) >= 11 is 3.32. The monoisotopic (exact) mass is 347 g/mol. The maximum atomic E-state index is 11.8. The van der Waals surface area contributed by atoms with Gasteiger partial charge in [-0.1, -0.05) is 22.0 Å². The first-order valence-corrected chi connectivity index (χ1v) is 7.03. The Morgan fingerprint density at radius 2 is 1.81 bits per heavy atom. The Balaban J connectivity index is 1.86. The van der Waals surface area contributed by atoms with Crippen molar-refractivity contribution in [2.45, 2.75) is 0 Å². The van der Waals surface area contributed by atoms with Crippen LogP contribution in [0.1, 0.15) is 10.4 Å². The van der Waals surface area contributed by atoms with E-state index in [2.05, 4.69) is 26.6 Å². The number of amides is 2. The maximum Gasteiger partial charge on any atom is 0.251 e. The van der Waals surface area contributed by atoms with Crippen LogP contribution < -0.4 is 16.4 Å². The summed E-state index contributed by atoms with van der Waals surface area (Å²) in [4.78, 5) is 23.6. The number of benzene rings is 2. The van der Waals surface area contributed by atoms with Crippen LogP contribution in [0.5, 0.6) is 0 Å². The van der Waals surface area contributed by atoms with Gasteiger partial charge in [-0.2, -0.15) is 0 Å². The largest absolute Gasteiger partial charge is 0.399 e. The van der Waals surface area contributed by atoms with Crippen LogP contribution in [-0.2, 0) is 4.79 Å². The first-order chi connectivity index (χ1) is 10.0. The number of nitrogens with two attached hydrogens (primary N) is 1. The lowest BCUT2D eigenvalue weighted by atomic mass is 10.2. The molecule has 0 atom stereocenters. The van der Waals surface area contributed by atoms with Crippen molar-refractivity contribution in [2.24, 2.45) is 0 Å². The molecule has 0 fully saturated rings. The molecule has 5 nitrogen and oxygen atoms in total. The molecule has 2 aromatic rings. The molecule has 0 spiro atoms. The smallest absolute Gasteiger partial charge is 0.251 e. The molecule has 21 heavy (non-hydrogen) atoms. The third-order valence-corrected chi connectivity index (χ3v) is 3.18. The fourth-order valence-corrected chi connectivity index (χ4v) is 2.07. The van der Waals surface area contributed by atoms with Gasteiger partial charge < -0.3 is 16.4 Å². The quantitative estimate of drug-likeness (QED) is 0.742. The highest BCUT2D eigenvalue weighted by molar-refractivity contribution is 9.10. The lowest BCUT2D eigenvalue weighted by molar-refractivity contribution is -0.115. The third kappa shape index (κ3) is 4.61. The van der Waals surface area contributed by atoms with Crippen LogP contribution in [0.4, 0.5) is 11.4 Å². The predicted molar refractivity (Wildman–Crippen MR) is 86.0 cm³/mol. The van der Waals surface area contributed by atoms with Crippen LogP contribution in [0.2, 0.25) is 0 Å². The lowest BCUT2D eigenvalue weighted by Crippen LogP contribution is -2.32. The van der Waals surface area contributed by atoms with Gasteiger partial charge in [0.2, 0.25) is 5.91 Å². The molecule has 0 aliphatic heterocycles. The summed E-state index contributed by atoms with van der Waals surface area (Å²) in [6.07, 6.45) is 0. The maximum absolute atomic E-state index is 11.8. The molecule has 0 heterocycles. The number of anilines is 2. The molecule has 2 rings (SSSR count). The molecule has 0 bridgehead atoms. The molecule has 2 aromatic carbocycles. The molecular weight excluding hydrogens is 334 g/mol. The van der Waals surface area contributed by atoms with E-state index in [0.717, 1.165) is 4.47 Å². The highest BCUT2D eigenvalue weighted by atomic mass is 79.9. The normalized spacial score (nSPS) is 9.95. The number of rotatable bonds is 4. The summed E-state index contributed by atoms with van der Waals surface area (Å²) < 4.78 is 0.867. The van der Waals surface area contributed by atoms with E-state index in [0.29, 0.717) is 16.9 Å². The zero-order chi connectivity index (χ0) is 15.2. The number of halogens is 1. The summed E-state index contributed by atoms with van der Waals surface area (Å²) in [5, 5.41) is 5.24. The van der Waals surface area contributed by atoms with Crippen molar-refractivity contribution in [1.29, 1.82) is 0 Å². The van der Waals surface area contributed by atoms with Crippen molar-refractivity contribution < 1.29 is 9.59 Å². The SMILES string of the molecule is Nc1ccc(C(=O)NCC(=O)Nc2cccc(Br)c2)cc1. The van der Waals surface area contributed by atoms with Crippen molar-refractivity contribution >= 4 is 39.1 Å². The van der Waals surface area contributed by atoms with Crippen LogP contribution in [0.3, 0.4) is 0 Å². The molecular formula is C15H14BrN3O2. The number of carbonyl (C=O) groups is 2. The molecule has 4 N–H and O–H groups in total. The molecule has 0 saturated carbocycles. The summed E-state index contributed by atoms with van der Waals surface area (Å²) in [7, 11) is 0. The highest BCUT2D eigenvalue weighted by Gasteiger charge is 2.08. The zero-order valence-electron chi connectivity index (χ0n) is 11.1. The summed E-state index contributed by atoms with van der Waals surface area (Å²) in [6, 6.07) is 13.7. The Hall–Kier alpha value is -2.34. The Morgan fingerprint density at radius 1 is 1.10 bits per heavy atom. The molecule has 0 aliphatic carbocycles. The number of carbonyl (C=O) groups excluding carboxylic acids is 2. The van der Waals surface area contributed by atoms with Crippen molar-refractivity contribution in [3.05, 3.63) is 58.6 Å².